The molecule has 128 valence electrons. The van der Waals surface area contributed by atoms with Crippen LogP contribution in [0, 0.1) is 0 Å². The molecule has 0 saturated carbocycles. The fraction of sp³-hybridized carbons (Fsp3) is 0.217. The molecule has 0 amide bonds. The molecule has 6 rings (SSSR count). The number of nitrogens with one attached hydrogen (secondary N) is 1. The van der Waals surface area contributed by atoms with E-state index in [2.05, 4.69) is 64.6 Å². The number of rotatable bonds is 2. The van der Waals surface area contributed by atoms with E-state index in [1.807, 2.05) is 6.07 Å². The lowest BCUT2D eigenvalue weighted by Gasteiger charge is -2.45. The molecule has 3 nitrogen and oxygen atoms in total. The van der Waals surface area contributed by atoms with Gasteiger partial charge in [0, 0.05) is 35.6 Å². The van der Waals surface area contributed by atoms with E-state index in [1.54, 1.807) is 6.26 Å². The van der Waals surface area contributed by atoms with Crippen LogP contribution in [0.4, 0.5) is 0 Å². The SMILES string of the molecule is c1coc(CN2Cc3ccccc3[C@@H]3c4cccc5[nH]cc(c45)C[C@H]32)c1. The summed E-state index contributed by atoms with van der Waals surface area (Å²) >= 11 is 0. The van der Waals surface area contributed by atoms with Crippen molar-refractivity contribution in [2.24, 2.45) is 0 Å². The maximum Gasteiger partial charge on any atom is 0.117 e. The van der Waals surface area contributed by atoms with E-state index in [0.29, 0.717) is 12.0 Å². The number of benzene rings is 2. The second-order valence-corrected chi connectivity index (χ2v) is 7.52. The van der Waals surface area contributed by atoms with E-state index in [1.165, 1.54) is 33.2 Å². The average molecular weight is 340 g/mol. The van der Waals surface area contributed by atoms with Gasteiger partial charge in [-0.05, 0) is 46.9 Å². The highest BCUT2D eigenvalue weighted by atomic mass is 16.3. The molecule has 0 radical (unpaired) electrons. The molecule has 1 aliphatic heterocycles. The Morgan fingerprint density at radius 1 is 0.962 bits per heavy atom. The number of fused-ring (bicyclic) bond motifs is 4. The maximum atomic E-state index is 5.67. The molecule has 2 atom stereocenters. The first-order valence-electron chi connectivity index (χ1n) is 9.31. The summed E-state index contributed by atoms with van der Waals surface area (Å²) in [6.07, 6.45) is 5.06. The van der Waals surface area contributed by atoms with Crippen molar-refractivity contribution in [1.29, 1.82) is 0 Å². The fourth-order valence-electron chi connectivity index (χ4n) is 5.06. The van der Waals surface area contributed by atoms with Crippen LogP contribution in [0.2, 0.25) is 0 Å². The van der Waals surface area contributed by atoms with E-state index >= 15 is 0 Å². The molecule has 0 spiro atoms. The highest BCUT2D eigenvalue weighted by Crippen LogP contribution is 2.46. The molecule has 0 fully saturated rings. The summed E-state index contributed by atoms with van der Waals surface area (Å²) in [5.74, 6) is 1.46. The molecule has 26 heavy (non-hydrogen) atoms. The van der Waals surface area contributed by atoms with Crippen molar-refractivity contribution in [3.63, 3.8) is 0 Å². The van der Waals surface area contributed by atoms with Gasteiger partial charge < -0.3 is 9.40 Å². The zero-order chi connectivity index (χ0) is 17.1. The zero-order valence-electron chi connectivity index (χ0n) is 14.5. The highest BCUT2D eigenvalue weighted by molar-refractivity contribution is 5.89. The fourth-order valence-corrected chi connectivity index (χ4v) is 5.06. The van der Waals surface area contributed by atoms with Crippen LogP contribution in [0.5, 0.6) is 0 Å². The first-order chi connectivity index (χ1) is 12.9. The average Bonchev–Trinajstić information content (AvgIpc) is 3.33. The van der Waals surface area contributed by atoms with Gasteiger partial charge in [-0.15, -0.1) is 0 Å². The number of aromatic amines is 1. The van der Waals surface area contributed by atoms with Crippen LogP contribution in [0.15, 0.2) is 71.5 Å². The van der Waals surface area contributed by atoms with Crippen molar-refractivity contribution >= 4 is 10.9 Å². The van der Waals surface area contributed by atoms with Crippen molar-refractivity contribution in [2.45, 2.75) is 31.5 Å². The zero-order valence-corrected chi connectivity index (χ0v) is 14.5. The van der Waals surface area contributed by atoms with E-state index in [4.69, 9.17) is 4.42 Å². The number of H-pyrrole nitrogens is 1. The van der Waals surface area contributed by atoms with Crippen LogP contribution in [0.25, 0.3) is 10.9 Å². The summed E-state index contributed by atoms with van der Waals surface area (Å²) in [7, 11) is 0. The lowest BCUT2D eigenvalue weighted by molar-refractivity contribution is 0.133. The predicted octanol–water partition coefficient (Wildman–Crippen LogP) is 4.83. The van der Waals surface area contributed by atoms with Gasteiger partial charge in [0.25, 0.3) is 0 Å². The van der Waals surface area contributed by atoms with Crippen LogP contribution < -0.4 is 0 Å². The van der Waals surface area contributed by atoms with Gasteiger partial charge in [0.2, 0.25) is 0 Å². The Morgan fingerprint density at radius 3 is 2.81 bits per heavy atom. The lowest BCUT2D eigenvalue weighted by atomic mass is 9.72. The summed E-state index contributed by atoms with van der Waals surface area (Å²) in [5.41, 5.74) is 7.10. The van der Waals surface area contributed by atoms with E-state index in [0.717, 1.165) is 25.3 Å². The van der Waals surface area contributed by atoms with Gasteiger partial charge in [0.1, 0.15) is 5.76 Å². The predicted molar refractivity (Wildman–Crippen MR) is 102 cm³/mol. The normalized spacial score (nSPS) is 21.5. The van der Waals surface area contributed by atoms with E-state index in [9.17, 15) is 0 Å². The van der Waals surface area contributed by atoms with Crippen LogP contribution in [-0.2, 0) is 19.5 Å². The quantitative estimate of drug-likeness (QED) is 0.567. The molecule has 0 bridgehead atoms. The monoisotopic (exact) mass is 340 g/mol. The second kappa shape index (κ2) is 5.36. The van der Waals surface area contributed by atoms with Crippen molar-refractivity contribution < 1.29 is 4.42 Å². The molecule has 3 heterocycles. The van der Waals surface area contributed by atoms with E-state index in [-0.39, 0.29) is 0 Å². The molecular formula is C23H20N2O. The third kappa shape index (κ3) is 1.98. The van der Waals surface area contributed by atoms with Gasteiger partial charge in [0.05, 0.1) is 12.8 Å². The first-order valence-corrected chi connectivity index (χ1v) is 9.31. The van der Waals surface area contributed by atoms with Gasteiger partial charge >= 0.3 is 0 Å². The van der Waals surface area contributed by atoms with E-state index < -0.39 is 0 Å². The molecule has 2 aromatic heterocycles. The molecule has 2 aromatic carbocycles. The number of furan rings is 1. The molecule has 1 aliphatic carbocycles. The lowest BCUT2D eigenvalue weighted by Crippen LogP contribution is -2.45. The van der Waals surface area contributed by atoms with Crippen molar-refractivity contribution in [3.8, 4) is 0 Å². The Morgan fingerprint density at radius 2 is 1.88 bits per heavy atom. The van der Waals surface area contributed by atoms with Gasteiger partial charge in [-0.25, -0.2) is 0 Å². The maximum absolute atomic E-state index is 5.67. The van der Waals surface area contributed by atoms with Crippen LogP contribution in [-0.4, -0.2) is 15.9 Å². The summed E-state index contributed by atoms with van der Waals surface area (Å²) in [5, 5.41) is 1.43. The molecule has 0 unspecified atom stereocenters. The summed E-state index contributed by atoms with van der Waals surface area (Å²) in [4.78, 5) is 6.07. The van der Waals surface area contributed by atoms with Crippen molar-refractivity contribution in [1.82, 2.24) is 9.88 Å². The highest BCUT2D eigenvalue weighted by Gasteiger charge is 2.40. The van der Waals surface area contributed by atoms with Gasteiger partial charge in [-0.2, -0.15) is 0 Å². The summed E-state index contributed by atoms with van der Waals surface area (Å²) < 4.78 is 5.67. The Labute approximate surface area is 152 Å². The number of nitrogens with zero attached hydrogens (tertiary/aromatic N) is 1. The number of aromatic nitrogens is 1. The van der Waals surface area contributed by atoms with Crippen LogP contribution in [0.3, 0.4) is 0 Å². The van der Waals surface area contributed by atoms with Gasteiger partial charge in [0.15, 0.2) is 0 Å². The van der Waals surface area contributed by atoms with Gasteiger partial charge in [-0.3, -0.25) is 4.90 Å². The minimum atomic E-state index is 0.418. The largest absolute Gasteiger partial charge is 0.468 e. The minimum Gasteiger partial charge on any atom is -0.468 e. The molecule has 3 heteroatoms. The Balaban J connectivity index is 1.55. The Bertz CT molecular complexity index is 1090. The standard InChI is InChI=1S/C23H20N2O/c1-2-7-18-15(5-1)13-25(14-17-6-4-10-26-17)21-11-16-12-24-20-9-3-8-19(22(16)20)23(18)21/h1-10,12,21,23-24H,11,13-14H2/t21-,23-/m1/s1. The number of hydrogen-bond acceptors (Lipinski definition) is 2. The number of hydrogen-bond donors (Lipinski definition) is 1. The Hall–Kier alpha value is -2.78. The van der Waals surface area contributed by atoms with Crippen LogP contribution >= 0.6 is 0 Å². The minimum absolute atomic E-state index is 0.418. The molecule has 4 aromatic rings. The molecule has 0 saturated heterocycles. The van der Waals surface area contributed by atoms with Crippen molar-refractivity contribution in [2.75, 3.05) is 0 Å². The smallest absolute Gasteiger partial charge is 0.117 e. The second-order valence-electron chi connectivity index (χ2n) is 7.52. The van der Waals surface area contributed by atoms with Gasteiger partial charge in [-0.1, -0.05) is 36.4 Å². The summed E-state index contributed by atoms with van der Waals surface area (Å²) in [6, 6.07) is 20.2. The van der Waals surface area contributed by atoms with Crippen molar-refractivity contribution in [3.05, 3.63) is 95.1 Å². The summed E-state index contributed by atoms with van der Waals surface area (Å²) in [6.45, 7) is 1.84. The topological polar surface area (TPSA) is 32.2 Å². The molecule has 2 aliphatic rings. The third-order valence-corrected chi connectivity index (χ3v) is 6.14. The van der Waals surface area contributed by atoms with Crippen LogP contribution in [0.1, 0.15) is 33.9 Å². The first kappa shape index (κ1) is 14.4. The Kier molecular flexibility index (Phi) is 2.97. The molecule has 1 N–H and O–H groups in total. The molecular weight excluding hydrogens is 320 g/mol. The third-order valence-electron chi connectivity index (χ3n) is 6.14.